The van der Waals surface area contributed by atoms with Crippen LogP contribution in [0.5, 0.6) is 11.5 Å². The first kappa shape index (κ1) is 12.6. The van der Waals surface area contributed by atoms with Gasteiger partial charge in [0.25, 0.3) is 0 Å². The highest BCUT2D eigenvalue weighted by molar-refractivity contribution is 5.39. The van der Waals surface area contributed by atoms with Crippen molar-refractivity contribution >= 4 is 0 Å². The summed E-state index contributed by atoms with van der Waals surface area (Å²) >= 11 is 0. The largest absolute Gasteiger partial charge is 0.454 e. The van der Waals surface area contributed by atoms with Crippen LogP contribution in [0.25, 0.3) is 0 Å². The Balaban J connectivity index is 2.22. The molecule has 2 rings (SSSR count). The van der Waals surface area contributed by atoms with Gasteiger partial charge in [-0.25, -0.2) is 0 Å². The van der Waals surface area contributed by atoms with E-state index in [0.717, 1.165) is 30.2 Å². The zero-order valence-corrected chi connectivity index (χ0v) is 11.1. The van der Waals surface area contributed by atoms with Crippen LogP contribution in [0.15, 0.2) is 30.6 Å². The molecule has 1 heterocycles. The summed E-state index contributed by atoms with van der Waals surface area (Å²) in [4.78, 5) is 0. The maximum atomic E-state index is 5.88. The van der Waals surface area contributed by atoms with Crippen LogP contribution in [0.1, 0.15) is 18.1 Å². The van der Waals surface area contributed by atoms with Crippen molar-refractivity contribution < 1.29 is 4.74 Å². The summed E-state index contributed by atoms with van der Waals surface area (Å²) in [5.74, 6) is 1.66. The fraction of sp³-hybridized carbons (Fsp3) is 0.357. The number of rotatable bonds is 5. The fourth-order valence-electron chi connectivity index (χ4n) is 1.83. The van der Waals surface area contributed by atoms with E-state index < -0.39 is 0 Å². The van der Waals surface area contributed by atoms with E-state index in [-0.39, 0.29) is 0 Å². The van der Waals surface area contributed by atoms with Crippen molar-refractivity contribution in [1.29, 1.82) is 0 Å². The van der Waals surface area contributed by atoms with E-state index in [0.29, 0.717) is 0 Å². The van der Waals surface area contributed by atoms with Crippen molar-refractivity contribution in [3.8, 4) is 11.5 Å². The molecule has 2 aromatic rings. The van der Waals surface area contributed by atoms with Gasteiger partial charge in [0.1, 0.15) is 5.75 Å². The van der Waals surface area contributed by atoms with E-state index in [1.165, 1.54) is 5.56 Å². The predicted octanol–water partition coefficient (Wildman–Crippen LogP) is 2.72. The lowest BCUT2D eigenvalue weighted by Gasteiger charge is -2.10. The second-order valence-electron chi connectivity index (χ2n) is 4.28. The van der Waals surface area contributed by atoms with Crippen molar-refractivity contribution in [3.63, 3.8) is 0 Å². The van der Waals surface area contributed by atoms with Gasteiger partial charge >= 0.3 is 0 Å². The predicted molar refractivity (Wildman–Crippen MR) is 71.9 cm³/mol. The number of aromatic nitrogens is 2. The molecule has 96 valence electrons. The molecule has 0 aliphatic heterocycles. The van der Waals surface area contributed by atoms with Crippen LogP contribution < -0.4 is 10.1 Å². The minimum atomic E-state index is 0.776. The van der Waals surface area contributed by atoms with Crippen LogP contribution in [0, 0.1) is 6.92 Å². The lowest BCUT2D eigenvalue weighted by Crippen LogP contribution is -2.06. The Morgan fingerprint density at radius 1 is 1.39 bits per heavy atom. The minimum absolute atomic E-state index is 0.776. The van der Waals surface area contributed by atoms with Gasteiger partial charge in [-0.15, -0.1) is 0 Å². The number of nitrogens with zero attached hydrogens (tertiary/aromatic N) is 2. The van der Waals surface area contributed by atoms with Crippen LogP contribution in [0.3, 0.4) is 0 Å². The fourth-order valence-corrected chi connectivity index (χ4v) is 1.83. The van der Waals surface area contributed by atoms with Gasteiger partial charge in [-0.3, -0.25) is 4.68 Å². The molecule has 1 aromatic heterocycles. The Bertz CT molecular complexity index is 520. The average molecular weight is 245 g/mol. The van der Waals surface area contributed by atoms with Gasteiger partial charge in [-0.1, -0.05) is 17.7 Å². The number of hydrogen-bond donors (Lipinski definition) is 1. The van der Waals surface area contributed by atoms with Crippen LogP contribution in [-0.4, -0.2) is 16.8 Å². The Morgan fingerprint density at radius 2 is 2.22 bits per heavy atom. The SMILES string of the molecule is CCn1cc(Oc2ccc(C)cc2CNC)cn1. The molecule has 18 heavy (non-hydrogen) atoms. The van der Waals surface area contributed by atoms with E-state index in [1.54, 1.807) is 6.20 Å². The normalized spacial score (nSPS) is 10.6. The highest BCUT2D eigenvalue weighted by Crippen LogP contribution is 2.25. The summed E-state index contributed by atoms with van der Waals surface area (Å²) in [5, 5.41) is 7.35. The van der Waals surface area contributed by atoms with E-state index in [9.17, 15) is 0 Å². The molecule has 4 heteroatoms. The minimum Gasteiger partial charge on any atom is -0.454 e. The van der Waals surface area contributed by atoms with Gasteiger partial charge in [0.15, 0.2) is 5.75 Å². The van der Waals surface area contributed by atoms with E-state index in [2.05, 4.69) is 36.4 Å². The third-order valence-electron chi connectivity index (χ3n) is 2.74. The summed E-state index contributed by atoms with van der Waals surface area (Å²) < 4.78 is 7.72. The van der Waals surface area contributed by atoms with Gasteiger partial charge < -0.3 is 10.1 Å². The highest BCUT2D eigenvalue weighted by atomic mass is 16.5. The van der Waals surface area contributed by atoms with Crippen molar-refractivity contribution in [2.24, 2.45) is 0 Å². The van der Waals surface area contributed by atoms with Gasteiger partial charge in [0, 0.05) is 18.7 Å². The van der Waals surface area contributed by atoms with Gasteiger partial charge in [0.05, 0.1) is 12.4 Å². The summed E-state index contributed by atoms with van der Waals surface area (Å²) in [6.45, 7) is 5.77. The Hall–Kier alpha value is -1.81. The monoisotopic (exact) mass is 245 g/mol. The zero-order valence-electron chi connectivity index (χ0n) is 11.1. The molecule has 0 saturated heterocycles. The van der Waals surface area contributed by atoms with E-state index >= 15 is 0 Å². The third-order valence-corrected chi connectivity index (χ3v) is 2.74. The van der Waals surface area contributed by atoms with Crippen LogP contribution in [0.4, 0.5) is 0 Å². The molecule has 0 atom stereocenters. The lowest BCUT2D eigenvalue weighted by molar-refractivity contribution is 0.473. The quantitative estimate of drug-likeness (QED) is 0.880. The standard InChI is InChI=1S/C14H19N3O/c1-4-17-10-13(9-16-17)18-14-6-5-11(2)7-12(14)8-15-3/h5-7,9-10,15H,4,8H2,1-3H3. The molecule has 0 aliphatic carbocycles. The van der Waals surface area contributed by atoms with E-state index in [4.69, 9.17) is 4.74 Å². The summed E-state index contributed by atoms with van der Waals surface area (Å²) in [7, 11) is 1.93. The molecule has 4 nitrogen and oxygen atoms in total. The van der Waals surface area contributed by atoms with Crippen LogP contribution in [0.2, 0.25) is 0 Å². The zero-order chi connectivity index (χ0) is 13.0. The summed E-state index contributed by atoms with van der Waals surface area (Å²) in [6.07, 6.45) is 3.65. The molecule has 0 aliphatic rings. The topological polar surface area (TPSA) is 39.1 Å². The summed E-state index contributed by atoms with van der Waals surface area (Å²) in [6, 6.07) is 6.19. The second-order valence-corrected chi connectivity index (χ2v) is 4.28. The number of nitrogens with one attached hydrogen (secondary N) is 1. The molecule has 0 unspecified atom stereocenters. The maximum Gasteiger partial charge on any atom is 0.165 e. The number of benzene rings is 1. The van der Waals surface area contributed by atoms with Gasteiger partial charge in [-0.2, -0.15) is 5.10 Å². The molecule has 0 saturated carbocycles. The lowest BCUT2D eigenvalue weighted by atomic mass is 10.1. The Labute approximate surface area is 108 Å². The molecule has 1 aromatic carbocycles. The highest BCUT2D eigenvalue weighted by Gasteiger charge is 2.06. The smallest absolute Gasteiger partial charge is 0.165 e. The van der Waals surface area contributed by atoms with Gasteiger partial charge in [-0.05, 0) is 27.0 Å². The second kappa shape index (κ2) is 5.69. The average Bonchev–Trinajstić information content (AvgIpc) is 2.81. The van der Waals surface area contributed by atoms with Crippen molar-refractivity contribution in [1.82, 2.24) is 15.1 Å². The molecular weight excluding hydrogens is 226 g/mol. The first-order valence-corrected chi connectivity index (χ1v) is 6.17. The Morgan fingerprint density at radius 3 is 2.89 bits per heavy atom. The molecule has 1 N–H and O–H groups in total. The van der Waals surface area contributed by atoms with Crippen molar-refractivity contribution in [2.45, 2.75) is 26.9 Å². The summed E-state index contributed by atoms with van der Waals surface area (Å²) in [5.41, 5.74) is 2.39. The molecule has 0 fully saturated rings. The van der Waals surface area contributed by atoms with Crippen LogP contribution >= 0.6 is 0 Å². The van der Waals surface area contributed by atoms with Crippen molar-refractivity contribution in [3.05, 3.63) is 41.7 Å². The van der Waals surface area contributed by atoms with Crippen molar-refractivity contribution in [2.75, 3.05) is 7.05 Å². The Kier molecular flexibility index (Phi) is 3.99. The number of aryl methyl sites for hydroxylation is 2. The maximum absolute atomic E-state index is 5.88. The number of ether oxygens (including phenoxy) is 1. The molecule has 0 bridgehead atoms. The molecular formula is C14H19N3O. The third kappa shape index (κ3) is 2.90. The van der Waals surface area contributed by atoms with E-state index in [1.807, 2.05) is 24.0 Å². The first-order chi connectivity index (χ1) is 8.72. The molecule has 0 radical (unpaired) electrons. The molecule has 0 amide bonds. The molecule has 0 spiro atoms. The van der Waals surface area contributed by atoms with Gasteiger partial charge in [0.2, 0.25) is 0 Å². The van der Waals surface area contributed by atoms with Crippen LogP contribution in [-0.2, 0) is 13.1 Å². The first-order valence-electron chi connectivity index (χ1n) is 6.17. The number of hydrogen-bond acceptors (Lipinski definition) is 3.